The SMILES string of the molecule is COCc1cnc(C)c(OC)c1CCC(C)=O. The Morgan fingerprint density at radius 1 is 1.41 bits per heavy atom. The van der Waals surface area contributed by atoms with Crippen molar-refractivity contribution in [1.29, 1.82) is 0 Å². The summed E-state index contributed by atoms with van der Waals surface area (Å²) in [5, 5.41) is 0. The van der Waals surface area contributed by atoms with E-state index in [0.29, 0.717) is 19.4 Å². The molecule has 0 N–H and O–H groups in total. The third-order valence-electron chi connectivity index (χ3n) is 2.64. The fourth-order valence-electron chi connectivity index (χ4n) is 1.80. The summed E-state index contributed by atoms with van der Waals surface area (Å²) < 4.78 is 10.5. The molecule has 4 heteroatoms. The predicted octanol–water partition coefficient (Wildman–Crippen LogP) is 2.07. The van der Waals surface area contributed by atoms with E-state index in [1.54, 1.807) is 27.3 Å². The molecule has 0 fully saturated rings. The zero-order valence-corrected chi connectivity index (χ0v) is 10.9. The number of ether oxygens (including phenoxy) is 2. The van der Waals surface area contributed by atoms with Crippen LogP contribution in [0.5, 0.6) is 5.75 Å². The second kappa shape index (κ2) is 6.35. The quantitative estimate of drug-likeness (QED) is 0.760. The Kier molecular flexibility index (Phi) is 5.10. The van der Waals surface area contributed by atoms with E-state index in [4.69, 9.17) is 9.47 Å². The van der Waals surface area contributed by atoms with Crippen molar-refractivity contribution >= 4 is 5.78 Å². The molecule has 0 unspecified atom stereocenters. The lowest BCUT2D eigenvalue weighted by molar-refractivity contribution is -0.116. The van der Waals surface area contributed by atoms with Gasteiger partial charge in [-0.3, -0.25) is 4.98 Å². The number of rotatable bonds is 6. The van der Waals surface area contributed by atoms with E-state index in [0.717, 1.165) is 22.6 Å². The van der Waals surface area contributed by atoms with E-state index < -0.39 is 0 Å². The third kappa shape index (κ3) is 3.53. The van der Waals surface area contributed by atoms with Crippen LogP contribution in [-0.4, -0.2) is 25.0 Å². The number of nitrogens with zero attached hydrogens (tertiary/aromatic N) is 1. The Balaban J connectivity index is 3.09. The maximum absolute atomic E-state index is 11.1. The molecule has 0 aromatic carbocycles. The van der Waals surface area contributed by atoms with Crippen molar-refractivity contribution < 1.29 is 14.3 Å². The number of aryl methyl sites for hydroxylation is 1. The largest absolute Gasteiger partial charge is 0.495 e. The van der Waals surface area contributed by atoms with Gasteiger partial charge in [0.25, 0.3) is 0 Å². The highest BCUT2D eigenvalue weighted by molar-refractivity contribution is 5.75. The minimum atomic E-state index is 0.171. The number of hydrogen-bond acceptors (Lipinski definition) is 4. The average molecular weight is 237 g/mol. The highest BCUT2D eigenvalue weighted by Crippen LogP contribution is 2.26. The molecule has 17 heavy (non-hydrogen) atoms. The number of hydrogen-bond donors (Lipinski definition) is 0. The Morgan fingerprint density at radius 2 is 2.12 bits per heavy atom. The second-order valence-corrected chi connectivity index (χ2v) is 4.02. The topological polar surface area (TPSA) is 48.4 Å². The maximum atomic E-state index is 11.1. The first kappa shape index (κ1) is 13.6. The first-order chi connectivity index (χ1) is 8.10. The fraction of sp³-hybridized carbons (Fsp3) is 0.538. The van der Waals surface area contributed by atoms with E-state index in [1.165, 1.54) is 0 Å². The fourth-order valence-corrected chi connectivity index (χ4v) is 1.80. The van der Waals surface area contributed by atoms with Crippen molar-refractivity contribution in [2.45, 2.75) is 33.3 Å². The van der Waals surface area contributed by atoms with Gasteiger partial charge in [-0.1, -0.05) is 0 Å². The van der Waals surface area contributed by atoms with Crippen molar-refractivity contribution in [2.24, 2.45) is 0 Å². The molecule has 0 spiro atoms. The van der Waals surface area contributed by atoms with Gasteiger partial charge in [-0.2, -0.15) is 0 Å². The molecule has 0 atom stereocenters. The molecule has 1 aromatic heterocycles. The van der Waals surface area contributed by atoms with Gasteiger partial charge in [0.15, 0.2) is 0 Å². The Labute approximate surface area is 102 Å². The van der Waals surface area contributed by atoms with Crippen LogP contribution < -0.4 is 4.74 Å². The normalized spacial score (nSPS) is 10.4. The van der Waals surface area contributed by atoms with Crippen LogP contribution in [0.25, 0.3) is 0 Å². The number of carbonyl (C=O) groups excluding carboxylic acids is 1. The summed E-state index contributed by atoms with van der Waals surface area (Å²) in [4.78, 5) is 15.3. The van der Waals surface area contributed by atoms with Gasteiger partial charge in [-0.25, -0.2) is 0 Å². The average Bonchev–Trinajstić information content (AvgIpc) is 2.29. The molecule has 1 rings (SSSR count). The van der Waals surface area contributed by atoms with Gasteiger partial charge in [0.2, 0.25) is 0 Å². The van der Waals surface area contributed by atoms with Crippen molar-refractivity contribution in [3.8, 4) is 5.75 Å². The molecule has 0 bridgehead atoms. The zero-order chi connectivity index (χ0) is 12.8. The van der Waals surface area contributed by atoms with Crippen LogP contribution in [0.4, 0.5) is 0 Å². The molecular formula is C13H19NO3. The molecular weight excluding hydrogens is 218 g/mol. The van der Waals surface area contributed by atoms with Crippen LogP contribution in [0, 0.1) is 6.92 Å². The molecule has 0 saturated carbocycles. The molecule has 0 saturated heterocycles. The molecule has 0 amide bonds. The van der Waals surface area contributed by atoms with Gasteiger partial charge in [-0.05, 0) is 20.3 Å². The third-order valence-corrected chi connectivity index (χ3v) is 2.64. The first-order valence-electron chi connectivity index (χ1n) is 5.59. The Bertz CT molecular complexity index is 402. The maximum Gasteiger partial charge on any atom is 0.143 e. The summed E-state index contributed by atoms with van der Waals surface area (Å²) in [6, 6.07) is 0. The lowest BCUT2D eigenvalue weighted by Gasteiger charge is -2.14. The molecule has 0 aliphatic rings. The lowest BCUT2D eigenvalue weighted by Crippen LogP contribution is -2.05. The highest BCUT2D eigenvalue weighted by Gasteiger charge is 2.13. The molecule has 1 heterocycles. The van der Waals surface area contributed by atoms with Gasteiger partial charge >= 0.3 is 0 Å². The van der Waals surface area contributed by atoms with Gasteiger partial charge in [-0.15, -0.1) is 0 Å². The van der Waals surface area contributed by atoms with Gasteiger partial charge < -0.3 is 14.3 Å². The Morgan fingerprint density at radius 3 is 2.65 bits per heavy atom. The molecule has 94 valence electrons. The van der Waals surface area contributed by atoms with Crippen molar-refractivity contribution in [2.75, 3.05) is 14.2 Å². The van der Waals surface area contributed by atoms with Crippen LogP contribution in [0.3, 0.4) is 0 Å². The summed E-state index contributed by atoms with van der Waals surface area (Å²) in [5.41, 5.74) is 2.85. The number of pyridine rings is 1. The van der Waals surface area contributed by atoms with Gasteiger partial charge in [0, 0.05) is 30.9 Å². The molecule has 0 radical (unpaired) electrons. The number of carbonyl (C=O) groups is 1. The smallest absolute Gasteiger partial charge is 0.143 e. The molecule has 0 aliphatic heterocycles. The van der Waals surface area contributed by atoms with E-state index in [-0.39, 0.29) is 5.78 Å². The minimum Gasteiger partial charge on any atom is -0.495 e. The van der Waals surface area contributed by atoms with E-state index in [1.807, 2.05) is 6.92 Å². The standard InChI is InChI=1S/C13H19NO3/c1-9(15)5-6-12-11(8-16-3)7-14-10(2)13(12)17-4/h7H,5-6,8H2,1-4H3. The summed E-state index contributed by atoms with van der Waals surface area (Å²) in [7, 11) is 3.26. The van der Waals surface area contributed by atoms with Crippen LogP contribution >= 0.6 is 0 Å². The molecule has 0 aliphatic carbocycles. The summed E-state index contributed by atoms with van der Waals surface area (Å²) >= 11 is 0. The minimum absolute atomic E-state index is 0.171. The number of aromatic nitrogens is 1. The first-order valence-corrected chi connectivity index (χ1v) is 5.59. The lowest BCUT2D eigenvalue weighted by atomic mass is 10.0. The summed E-state index contributed by atoms with van der Waals surface area (Å²) in [5.74, 6) is 0.936. The number of ketones is 1. The zero-order valence-electron chi connectivity index (χ0n) is 10.9. The van der Waals surface area contributed by atoms with Gasteiger partial charge in [0.1, 0.15) is 11.5 Å². The van der Waals surface area contributed by atoms with Crippen LogP contribution in [-0.2, 0) is 22.6 Å². The number of methoxy groups -OCH3 is 2. The summed E-state index contributed by atoms with van der Waals surface area (Å²) in [6.07, 6.45) is 2.97. The Hall–Kier alpha value is -1.42. The van der Waals surface area contributed by atoms with E-state index in [9.17, 15) is 4.79 Å². The predicted molar refractivity (Wildman–Crippen MR) is 65.2 cm³/mol. The monoisotopic (exact) mass is 237 g/mol. The molecule has 4 nitrogen and oxygen atoms in total. The van der Waals surface area contributed by atoms with Crippen molar-refractivity contribution in [1.82, 2.24) is 4.98 Å². The van der Waals surface area contributed by atoms with Crippen LogP contribution in [0.1, 0.15) is 30.2 Å². The van der Waals surface area contributed by atoms with Crippen molar-refractivity contribution in [3.63, 3.8) is 0 Å². The van der Waals surface area contributed by atoms with Gasteiger partial charge in [0.05, 0.1) is 19.4 Å². The highest BCUT2D eigenvalue weighted by atomic mass is 16.5. The van der Waals surface area contributed by atoms with E-state index >= 15 is 0 Å². The summed E-state index contributed by atoms with van der Waals surface area (Å²) in [6.45, 7) is 3.97. The van der Waals surface area contributed by atoms with Crippen LogP contribution in [0.15, 0.2) is 6.20 Å². The second-order valence-electron chi connectivity index (χ2n) is 4.02. The van der Waals surface area contributed by atoms with E-state index in [2.05, 4.69) is 4.98 Å². The van der Waals surface area contributed by atoms with Crippen LogP contribution in [0.2, 0.25) is 0 Å². The van der Waals surface area contributed by atoms with Crippen molar-refractivity contribution in [3.05, 3.63) is 23.0 Å². The molecule has 1 aromatic rings. The number of Topliss-reactive ketones (excluding diaryl/α,β-unsaturated/α-hetero) is 1.